The summed E-state index contributed by atoms with van der Waals surface area (Å²) in [4.78, 5) is 0. The molecule has 0 amide bonds. The summed E-state index contributed by atoms with van der Waals surface area (Å²) in [5, 5.41) is -0.285. The molecule has 1 aromatic rings. The van der Waals surface area contributed by atoms with Crippen LogP contribution in [0.4, 0.5) is 4.39 Å². The Hall–Kier alpha value is -0.960. The first-order chi connectivity index (χ1) is 8.67. The number of alkyl halides is 1. The quantitative estimate of drug-likeness (QED) is 0.760. The summed E-state index contributed by atoms with van der Waals surface area (Å²) in [6.45, 7) is 0. The Morgan fingerprint density at radius 1 is 1.17 bits per heavy atom. The van der Waals surface area contributed by atoms with Gasteiger partial charge in [-0.05, 0) is 24.8 Å². The van der Waals surface area contributed by atoms with Crippen molar-refractivity contribution < 1.29 is 13.9 Å². The van der Waals surface area contributed by atoms with E-state index in [2.05, 4.69) is 0 Å². The van der Waals surface area contributed by atoms with Crippen molar-refractivity contribution in [2.45, 2.75) is 31.1 Å². The summed E-state index contributed by atoms with van der Waals surface area (Å²) in [5.41, 5.74) is 0.515. The second kappa shape index (κ2) is 5.79. The summed E-state index contributed by atoms with van der Waals surface area (Å²) < 4.78 is 24.3. The van der Waals surface area contributed by atoms with Crippen LogP contribution in [0.2, 0.25) is 0 Å². The van der Waals surface area contributed by atoms with Crippen LogP contribution in [-0.4, -0.2) is 14.2 Å². The lowest BCUT2D eigenvalue weighted by Crippen LogP contribution is -2.06. The number of rotatable bonds is 4. The van der Waals surface area contributed by atoms with E-state index in [0.29, 0.717) is 23.0 Å². The molecule has 1 atom stereocenters. The van der Waals surface area contributed by atoms with Crippen molar-refractivity contribution in [2.75, 3.05) is 14.2 Å². The van der Waals surface area contributed by atoms with Gasteiger partial charge in [-0.15, -0.1) is 11.6 Å². The zero-order chi connectivity index (χ0) is 13.1. The lowest BCUT2D eigenvalue weighted by Gasteiger charge is -2.19. The molecule has 1 unspecified atom stereocenters. The van der Waals surface area contributed by atoms with Crippen LogP contribution in [0, 0.1) is 11.7 Å². The molecule has 0 N–H and O–H groups in total. The second-order valence-corrected chi connectivity index (χ2v) is 5.15. The van der Waals surface area contributed by atoms with Crippen LogP contribution < -0.4 is 9.47 Å². The summed E-state index contributed by atoms with van der Waals surface area (Å²) in [6.07, 6.45) is 4.51. The highest BCUT2D eigenvalue weighted by Crippen LogP contribution is 2.43. The molecule has 1 fully saturated rings. The van der Waals surface area contributed by atoms with Crippen molar-refractivity contribution in [3.05, 3.63) is 23.5 Å². The molecule has 0 aliphatic heterocycles. The average Bonchev–Trinajstić information content (AvgIpc) is 2.91. The second-order valence-electron chi connectivity index (χ2n) is 4.68. The van der Waals surface area contributed by atoms with Gasteiger partial charge in [0.25, 0.3) is 0 Å². The zero-order valence-electron chi connectivity index (χ0n) is 10.7. The van der Waals surface area contributed by atoms with Gasteiger partial charge in [0.2, 0.25) is 0 Å². The summed E-state index contributed by atoms with van der Waals surface area (Å²) in [5.74, 6) is 0.963. The van der Waals surface area contributed by atoms with Gasteiger partial charge in [0.1, 0.15) is 5.82 Å². The number of methoxy groups -OCH3 is 2. The van der Waals surface area contributed by atoms with Gasteiger partial charge in [-0.25, -0.2) is 4.39 Å². The standard InChI is InChI=1S/C14H18ClFO2/c1-17-12-7-10(11(16)8-13(12)18-2)14(15)9-5-3-4-6-9/h7-9,14H,3-6H2,1-2H3. The van der Waals surface area contributed by atoms with Crippen LogP contribution in [0.5, 0.6) is 11.5 Å². The van der Waals surface area contributed by atoms with E-state index >= 15 is 0 Å². The van der Waals surface area contributed by atoms with Crippen LogP contribution in [0.3, 0.4) is 0 Å². The molecule has 1 aromatic carbocycles. The Bertz CT molecular complexity index is 417. The van der Waals surface area contributed by atoms with Crippen molar-refractivity contribution >= 4 is 11.6 Å². The number of ether oxygens (including phenoxy) is 2. The molecule has 0 spiro atoms. The number of hydrogen-bond acceptors (Lipinski definition) is 2. The van der Waals surface area contributed by atoms with Crippen LogP contribution >= 0.6 is 11.6 Å². The predicted octanol–water partition coefficient (Wildman–Crippen LogP) is 4.31. The first kappa shape index (κ1) is 13.5. The fourth-order valence-corrected chi connectivity index (χ4v) is 3.00. The molecule has 0 bridgehead atoms. The minimum atomic E-state index is -0.320. The summed E-state index contributed by atoms with van der Waals surface area (Å²) in [6, 6.07) is 3.00. The minimum absolute atomic E-state index is 0.285. The van der Waals surface area contributed by atoms with E-state index in [-0.39, 0.29) is 11.2 Å². The molecule has 0 saturated heterocycles. The van der Waals surface area contributed by atoms with Gasteiger partial charge >= 0.3 is 0 Å². The van der Waals surface area contributed by atoms with E-state index < -0.39 is 0 Å². The fraction of sp³-hybridized carbons (Fsp3) is 0.571. The highest BCUT2D eigenvalue weighted by atomic mass is 35.5. The fourth-order valence-electron chi connectivity index (χ4n) is 2.59. The van der Waals surface area contributed by atoms with E-state index in [1.807, 2.05) is 0 Å². The molecule has 1 aliphatic carbocycles. The monoisotopic (exact) mass is 272 g/mol. The van der Waals surface area contributed by atoms with E-state index in [1.54, 1.807) is 13.2 Å². The molecule has 0 aromatic heterocycles. The van der Waals surface area contributed by atoms with Gasteiger partial charge in [0, 0.05) is 11.6 Å². The highest BCUT2D eigenvalue weighted by Gasteiger charge is 2.27. The Labute approximate surface area is 112 Å². The molecule has 2 nitrogen and oxygen atoms in total. The smallest absolute Gasteiger partial charge is 0.163 e. The van der Waals surface area contributed by atoms with Gasteiger partial charge < -0.3 is 9.47 Å². The Morgan fingerprint density at radius 2 is 1.72 bits per heavy atom. The van der Waals surface area contributed by atoms with E-state index in [9.17, 15) is 4.39 Å². The normalized spacial score (nSPS) is 17.8. The zero-order valence-corrected chi connectivity index (χ0v) is 11.5. The highest BCUT2D eigenvalue weighted by molar-refractivity contribution is 6.21. The summed E-state index contributed by atoms with van der Waals surface area (Å²) >= 11 is 6.41. The van der Waals surface area contributed by atoms with Gasteiger partial charge in [-0.3, -0.25) is 0 Å². The molecule has 4 heteroatoms. The lowest BCUT2D eigenvalue weighted by atomic mass is 9.96. The Morgan fingerprint density at radius 3 is 2.28 bits per heavy atom. The first-order valence-electron chi connectivity index (χ1n) is 6.23. The molecule has 1 saturated carbocycles. The van der Waals surface area contributed by atoms with Gasteiger partial charge in [0.05, 0.1) is 19.6 Å². The molecule has 0 radical (unpaired) electrons. The molecule has 100 valence electrons. The van der Waals surface area contributed by atoms with E-state index in [0.717, 1.165) is 12.8 Å². The van der Waals surface area contributed by atoms with Gasteiger partial charge in [-0.1, -0.05) is 12.8 Å². The third-order valence-corrected chi connectivity index (χ3v) is 4.21. The maximum Gasteiger partial charge on any atom is 0.163 e. The lowest BCUT2D eigenvalue weighted by molar-refractivity contribution is 0.350. The molecule has 2 rings (SSSR count). The van der Waals surface area contributed by atoms with Crippen LogP contribution in [0.25, 0.3) is 0 Å². The van der Waals surface area contributed by atoms with Crippen LogP contribution in [0.15, 0.2) is 12.1 Å². The van der Waals surface area contributed by atoms with Gasteiger partial charge in [0.15, 0.2) is 11.5 Å². The molecular formula is C14H18ClFO2. The largest absolute Gasteiger partial charge is 0.493 e. The maximum absolute atomic E-state index is 14.0. The van der Waals surface area contributed by atoms with Gasteiger partial charge in [-0.2, -0.15) is 0 Å². The van der Waals surface area contributed by atoms with Crippen molar-refractivity contribution in [2.24, 2.45) is 5.92 Å². The molecular weight excluding hydrogens is 255 g/mol. The van der Waals surface area contributed by atoms with Crippen LogP contribution in [0.1, 0.15) is 36.6 Å². The molecule has 1 aliphatic rings. The summed E-state index contributed by atoms with van der Waals surface area (Å²) in [7, 11) is 3.03. The Kier molecular flexibility index (Phi) is 4.33. The average molecular weight is 273 g/mol. The third kappa shape index (κ3) is 2.56. The number of benzene rings is 1. The number of hydrogen-bond donors (Lipinski definition) is 0. The minimum Gasteiger partial charge on any atom is -0.493 e. The SMILES string of the molecule is COc1cc(F)c(C(Cl)C2CCCC2)cc1OC. The number of halogens is 2. The van der Waals surface area contributed by atoms with Crippen molar-refractivity contribution in [3.63, 3.8) is 0 Å². The van der Waals surface area contributed by atoms with Crippen molar-refractivity contribution in [3.8, 4) is 11.5 Å². The predicted molar refractivity (Wildman–Crippen MR) is 70.1 cm³/mol. The molecule has 0 heterocycles. The Balaban J connectivity index is 2.31. The first-order valence-corrected chi connectivity index (χ1v) is 6.66. The van der Waals surface area contributed by atoms with Crippen LogP contribution in [-0.2, 0) is 0 Å². The van der Waals surface area contributed by atoms with E-state index in [1.165, 1.54) is 26.0 Å². The van der Waals surface area contributed by atoms with Crippen molar-refractivity contribution in [1.82, 2.24) is 0 Å². The molecule has 18 heavy (non-hydrogen) atoms. The van der Waals surface area contributed by atoms with E-state index in [4.69, 9.17) is 21.1 Å². The maximum atomic E-state index is 14.0. The topological polar surface area (TPSA) is 18.5 Å². The third-order valence-electron chi connectivity index (χ3n) is 3.61. The van der Waals surface area contributed by atoms with Crippen molar-refractivity contribution in [1.29, 1.82) is 0 Å².